The minimum Gasteiger partial charge on any atom is -0.492 e. The Hall–Kier alpha value is -3.81. The van der Waals surface area contributed by atoms with Crippen molar-refractivity contribution >= 4 is 17.7 Å². The van der Waals surface area contributed by atoms with Crippen LogP contribution in [0.1, 0.15) is 62.5 Å². The van der Waals surface area contributed by atoms with Gasteiger partial charge in [0.05, 0.1) is 35.4 Å². The van der Waals surface area contributed by atoms with Crippen molar-refractivity contribution < 1.29 is 19.1 Å². The molecule has 8 nitrogen and oxygen atoms in total. The van der Waals surface area contributed by atoms with Gasteiger partial charge >= 0.3 is 6.09 Å². The Morgan fingerprint density at radius 1 is 1.03 bits per heavy atom. The fraction of sp³-hybridized carbons (Fsp3) is 0.393. The lowest BCUT2D eigenvalue weighted by Crippen LogP contribution is -2.41. The number of hydrogen-bond donors (Lipinski definition) is 1. The molecular formula is C28H34N4O4. The first-order chi connectivity index (χ1) is 17.3. The molecule has 36 heavy (non-hydrogen) atoms. The molecule has 2 aromatic carbocycles. The predicted molar refractivity (Wildman–Crippen MR) is 139 cm³/mol. The number of carbonyl (C=O) groups is 2. The Bertz CT molecular complexity index is 1190. The van der Waals surface area contributed by atoms with Crippen molar-refractivity contribution in [1.82, 2.24) is 14.7 Å². The number of benzene rings is 2. The number of hydrogen-bond acceptors (Lipinski definition) is 5. The molecule has 2 amide bonds. The lowest BCUT2D eigenvalue weighted by atomic mass is 9.90. The summed E-state index contributed by atoms with van der Waals surface area (Å²) in [7, 11) is 0. The molecular weight excluding hydrogens is 456 g/mol. The molecule has 190 valence electrons. The Kier molecular flexibility index (Phi) is 7.62. The smallest absolute Gasteiger partial charge is 0.410 e. The second-order valence-corrected chi connectivity index (χ2v) is 9.82. The van der Waals surface area contributed by atoms with Crippen LogP contribution in [-0.2, 0) is 4.74 Å². The van der Waals surface area contributed by atoms with Gasteiger partial charge in [-0.2, -0.15) is 5.10 Å². The van der Waals surface area contributed by atoms with Crippen LogP contribution < -0.4 is 10.1 Å². The lowest BCUT2D eigenvalue weighted by Gasteiger charge is -2.34. The average Bonchev–Trinajstić information content (AvgIpc) is 3.30. The van der Waals surface area contributed by atoms with E-state index < -0.39 is 5.60 Å². The Balaban J connectivity index is 1.60. The summed E-state index contributed by atoms with van der Waals surface area (Å²) in [5.74, 6) is 0.430. The van der Waals surface area contributed by atoms with Crippen LogP contribution in [0.15, 0.2) is 60.8 Å². The molecule has 1 aromatic heterocycles. The number of nitrogens with zero attached hydrogens (tertiary/aromatic N) is 3. The topological polar surface area (TPSA) is 85.7 Å². The zero-order valence-corrected chi connectivity index (χ0v) is 21.4. The molecule has 1 N–H and O–H groups in total. The predicted octanol–water partition coefficient (Wildman–Crippen LogP) is 5.64. The maximum atomic E-state index is 13.5. The first kappa shape index (κ1) is 25.3. The Morgan fingerprint density at radius 3 is 2.36 bits per heavy atom. The summed E-state index contributed by atoms with van der Waals surface area (Å²) in [6.07, 6.45) is 2.73. The van der Waals surface area contributed by atoms with Crippen LogP contribution in [0.4, 0.5) is 10.5 Å². The van der Waals surface area contributed by atoms with Gasteiger partial charge in [-0.25, -0.2) is 9.48 Å². The van der Waals surface area contributed by atoms with Crippen LogP contribution in [0.25, 0.3) is 5.69 Å². The van der Waals surface area contributed by atoms with E-state index >= 15 is 0 Å². The molecule has 0 saturated carbocycles. The van der Waals surface area contributed by atoms with Gasteiger partial charge in [-0.15, -0.1) is 0 Å². The monoisotopic (exact) mass is 490 g/mol. The first-order valence-electron chi connectivity index (χ1n) is 12.4. The highest BCUT2D eigenvalue weighted by Gasteiger charge is 2.32. The molecule has 0 atom stereocenters. The van der Waals surface area contributed by atoms with Gasteiger partial charge < -0.3 is 19.7 Å². The van der Waals surface area contributed by atoms with Crippen molar-refractivity contribution in [2.24, 2.45) is 0 Å². The highest BCUT2D eigenvalue weighted by atomic mass is 16.6. The molecule has 1 aliphatic rings. The van der Waals surface area contributed by atoms with E-state index in [9.17, 15) is 9.59 Å². The van der Waals surface area contributed by atoms with Crippen LogP contribution >= 0.6 is 0 Å². The summed E-state index contributed by atoms with van der Waals surface area (Å²) >= 11 is 0. The van der Waals surface area contributed by atoms with Gasteiger partial charge in [0.25, 0.3) is 5.91 Å². The number of rotatable bonds is 6. The number of anilines is 1. The van der Waals surface area contributed by atoms with E-state index in [0.717, 1.165) is 11.4 Å². The third-order valence-corrected chi connectivity index (χ3v) is 6.02. The van der Waals surface area contributed by atoms with Crippen molar-refractivity contribution in [3.8, 4) is 11.4 Å². The van der Waals surface area contributed by atoms with Crippen LogP contribution in [-0.4, -0.2) is 52.0 Å². The number of ether oxygens (including phenoxy) is 2. The van der Waals surface area contributed by atoms with Crippen LogP contribution in [0.5, 0.6) is 5.75 Å². The summed E-state index contributed by atoms with van der Waals surface area (Å²) in [6.45, 7) is 9.10. The second kappa shape index (κ2) is 10.8. The molecule has 1 aliphatic heterocycles. The first-order valence-corrected chi connectivity index (χ1v) is 12.4. The van der Waals surface area contributed by atoms with E-state index in [1.807, 2.05) is 87.0 Å². The van der Waals surface area contributed by atoms with Gasteiger partial charge in [0.2, 0.25) is 0 Å². The number of amides is 2. The molecule has 1 fully saturated rings. The standard InChI is InChI=1S/C28H34N4O4/c1-5-35-24-14-10-9-13-23(24)30-26(33)22-19-29-32(21-11-7-6-8-12-21)25(22)20-15-17-31(18-16-20)27(34)36-28(2,3)4/h6-14,19-20H,5,15-18H2,1-4H3,(H,30,33). The van der Waals surface area contributed by atoms with E-state index in [4.69, 9.17) is 9.47 Å². The van der Waals surface area contributed by atoms with Crippen molar-refractivity contribution in [2.75, 3.05) is 25.0 Å². The van der Waals surface area contributed by atoms with Crippen LogP contribution in [0.2, 0.25) is 0 Å². The number of carbonyl (C=O) groups excluding carboxylic acids is 2. The molecule has 0 unspecified atom stereocenters. The number of aromatic nitrogens is 2. The molecule has 4 rings (SSSR count). The van der Waals surface area contributed by atoms with Gasteiger partial charge in [0.15, 0.2) is 0 Å². The van der Waals surface area contributed by atoms with E-state index in [1.54, 1.807) is 11.1 Å². The zero-order valence-electron chi connectivity index (χ0n) is 21.4. The van der Waals surface area contributed by atoms with E-state index in [0.29, 0.717) is 49.5 Å². The number of likely N-dealkylation sites (tertiary alicyclic amines) is 1. The van der Waals surface area contributed by atoms with E-state index in [1.165, 1.54) is 0 Å². The van der Waals surface area contributed by atoms with E-state index in [-0.39, 0.29) is 17.9 Å². The second-order valence-electron chi connectivity index (χ2n) is 9.82. The number of nitrogens with one attached hydrogen (secondary N) is 1. The lowest BCUT2D eigenvalue weighted by molar-refractivity contribution is 0.0203. The average molecular weight is 491 g/mol. The molecule has 8 heteroatoms. The molecule has 0 aliphatic carbocycles. The van der Waals surface area contributed by atoms with Crippen LogP contribution in [0, 0.1) is 0 Å². The zero-order chi connectivity index (χ0) is 25.7. The summed E-state index contributed by atoms with van der Waals surface area (Å²) in [5.41, 5.74) is 2.32. The van der Waals surface area contributed by atoms with Crippen molar-refractivity contribution in [3.05, 3.63) is 72.1 Å². The molecule has 0 spiro atoms. The quantitative estimate of drug-likeness (QED) is 0.483. The maximum Gasteiger partial charge on any atom is 0.410 e. The molecule has 1 saturated heterocycles. The normalized spacial score (nSPS) is 14.4. The van der Waals surface area contributed by atoms with Gasteiger partial charge in [-0.1, -0.05) is 30.3 Å². The third kappa shape index (κ3) is 5.87. The fourth-order valence-corrected chi connectivity index (χ4v) is 4.40. The van der Waals surface area contributed by atoms with Crippen molar-refractivity contribution in [2.45, 2.75) is 52.1 Å². The molecule has 2 heterocycles. The summed E-state index contributed by atoms with van der Waals surface area (Å²) in [5, 5.41) is 7.61. The SMILES string of the molecule is CCOc1ccccc1NC(=O)c1cnn(-c2ccccc2)c1C1CCN(C(=O)OC(C)(C)C)CC1. The minimum atomic E-state index is -0.539. The highest BCUT2D eigenvalue weighted by Crippen LogP contribution is 2.33. The molecule has 0 bridgehead atoms. The Morgan fingerprint density at radius 2 is 1.69 bits per heavy atom. The van der Waals surface area contributed by atoms with Gasteiger partial charge in [-0.05, 0) is 64.8 Å². The molecule has 3 aromatic rings. The summed E-state index contributed by atoms with van der Waals surface area (Å²) in [6, 6.07) is 17.2. The summed E-state index contributed by atoms with van der Waals surface area (Å²) in [4.78, 5) is 27.8. The number of para-hydroxylation sites is 3. The van der Waals surface area contributed by atoms with Gasteiger partial charge in [-0.3, -0.25) is 4.79 Å². The summed E-state index contributed by atoms with van der Waals surface area (Å²) < 4.78 is 13.1. The Labute approximate surface area is 212 Å². The van der Waals surface area contributed by atoms with Crippen LogP contribution in [0.3, 0.4) is 0 Å². The minimum absolute atomic E-state index is 0.0503. The number of piperidine rings is 1. The van der Waals surface area contributed by atoms with Gasteiger partial charge in [0, 0.05) is 19.0 Å². The van der Waals surface area contributed by atoms with Crippen molar-refractivity contribution in [3.63, 3.8) is 0 Å². The van der Waals surface area contributed by atoms with Crippen molar-refractivity contribution in [1.29, 1.82) is 0 Å². The fourth-order valence-electron chi connectivity index (χ4n) is 4.40. The highest BCUT2D eigenvalue weighted by molar-refractivity contribution is 6.06. The third-order valence-electron chi connectivity index (χ3n) is 6.02. The van der Waals surface area contributed by atoms with Gasteiger partial charge in [0.1, 0.15) is 11.4 Å². The largest absolute Gasteiger partial charge is 0.492 e. The van der Waals surface area contributed by atoms with E-state index in [2.05, 4.69) is 10.4 Å². The molecule has 0 radical (unpaired) electrons. The maximum absolute atomic E-state index is 13.5.